The van der Waals surface area contributed by atoms with Crippen LogP contribution in [0.4, 0.5) is 5.69 Å². The van der Waals surface area contributed by atoms with E-state index in [9.17, 15) is 4.79 Å². The minimum Gasteiger partial charge on any atom is -0.408 e. The lowest BCUT2D eigenvalue weighted by Crippen LogP contribution is -2.31. The van der Waals surface area contributed by atoms with E-state index < -0.39 is 0 Å². The third-order valence-corrected chi connectivity index (χ3v) is 5.50. The topological polar surface area (TPSA) is 58.0 Å². The molecule has 0 atom stereocenters. The first-order valence-corrected chi connectivity index (χ1v) is 8.12. The van der Waals surface area contributed by atoms with Crippen molar-refractivity contribution in [2.24, 2.45) is 5.41 Å². The van der Waals surface area contributed by atoms with Gasteiger partial charge < -0.3 is 9.73 Å². The van der Waals surface area contributed by atoms with Crippen LogP contribution in [0, 0.1) is 5.41 Å². The van der Waals surface area contributed by atoms with E-state index in [0.717, 1.165) is 11.2 Å². The van der Waals surface area contributed by atoms with Crippen molar-refractivity contribution in [1.82, 2.24) is 4.98 Å². The molecule has 0 radical (unpaired) electrons. The second kappa shape index (κ2) is 4.93. The van der Waals surface area contributed by atoms with Crippen molar-refractivity contribution in [3.63, 3.8) is 0 Å². The van der Waals surface area contributed by atoms with Gasteiger partial charge in [0.25, 0.3) is 0 Å². The van der Waals surface area contributed by atoms with Gasteiger partial charge in [-0.1, -0.05) is 12.8 Å². The Morgan fingerprint density at radius 2 is 1.90 bits per heavy atom. The molecule has 1 aromatic heterocycles. The van der Waals surface area contributed by atoms with Gasteiger partial charge in [-0.15, -0.1) is 0 Å². The lowest BCUT2D eigenvalue weighted by molar-refractivity contribution is 0.188. The van der Waals surface area contributed by atoms with Crippen LogP contribution in [0.25, 0.3) is 11.1 Å². The number of hydrogen-bond donors (Lipinski definition) is 2. The number of benzene rings is 1. The number of H-pyrrole nitrogens is 1. The summed E-state index contributed by atoms with van der Waals surface area (Å²) in [6, 6.07) is 6.39. The van der Waals surface area contributed by atoms with E-state index in [-0.39, 0.29) is 5.76 Å². The van der Waals surface area contributed by atoms with Crippen molar-refractivity contribution in [2.45, 2.75) is 57.4 Å². The van der Waals surface area contributed by atoms with Gasteiger partial charge in [0, 0.05) is 11.7 Å². The normalized spacial score (nSPS) is 22.1. The van der Waals surface area contributed by atoms with E-state index in [1.807, 2.05) is 18.2 Å². The van der Waals surface area contributed by atoms with Crippen LogP contribution >= 0.6 is 0 Å². The summed E-state index contributed by atoms with van der Waals surface area (Å²) in [7, 11) is 0. The summed E-state index contributed by atoms with van der Waals surface area (Å²) < 4.78 is 5.04. The first-order valence-electron chi connectivity index (χ1n) is 8.12. The third-order valence-electron chi connectivity index (χ3n) is 5.50. The van der Waals surface area contributed by atoms with Gasteiger partial charge in [0.05, 0.1) is 5.52 Å². The van der Waals surface area contributed by atoms with E-state index in [1.165, 1.54) is 51.4 Å². The molecule has 2 aromatic rings. The van der Waals surface area contributed by atoms with E-state index in [1.54, 1.807) is 0 Å². The number of nitrogens with one attached hydrogen (secondary N) is 2. The molecule has 0 saturated heterocycles. The molecule has 2 aliphatic carbocycles. The first-order chi connectivity index (χ1) is 10.2. The number of aromatic nitrogens is 1. The lowest BCUT2D eigenvalue weighted by Gasteiger charge is -2.37. The van der Waals surface area contributed by atoms with Gasteiger partial charge in [-0.2, -0.15) is 0 Å². The molecule has 0 unspecified atom stereocenters. The van der Waals surface area contributed by atoms with Crippen molar-refractivity contribution in [3.8, 4) is 0 Å². The molecule has 1 heterocycles. The van der Waals surface area contributed by atoms with Gasteiger partial charge in [0.1, 0.15) is 0 Å². The van der Waals surface area contributed by atoms with Gasteiger partial charge in [0.2, 0.25) is 0 Å². The summed E-state index contributed by atoms with van der Waals surface area (Å²) >= 11 is 0. The number of fused-ring (bicyclic) bond motifs is 1. The van der Waals surface area contributed by atoms with E-state index in [4.69, 9.17) is 4.42 Å². The van der Waals surface area contributed by atoms with Gasteiger partial charge >= 0.3 is 5.76 Å². The molecule has 2 fully saturated rings. The van der Waals surface area contributed by atoms with Gasteiger partial charge in [-0.3, -0.25) is 4.98 Å². The molecule has 21 heavy (non-hydrogen) atoms. The Bertz CT molecular complexity index is 684. The van der Waals surface area contributed by atoms with Crippen molar-refractivity contribution in [2.75, 3.05) is 5.32 Å². The Hall–Kier alpha value is -1.71. The second-order valence-electron chi connectivity index (χ2n) is 6.85. The molecule has 0 amide bonds. The monoisotopic (exact) mass is 286 g/mol. The second-order valence-corrected chi connectivity index (χ2v) is 6.85. The van der Waals surface area contributed by atoms with Crippen molar-refractivity contribution in [3.05, 3.63) is 28.7 Å². The Labute approximate surface area is 123 Å². The van der Waals surface area contributed by atoms with Crippen LogP contribution < -0.4 is 11.1 Å². The molecule has 2 N–H and O–H groups in total. The Balaban J connectivity index is 1.44. The van der Waals surface area contributed by atoms with E-state index >= 15 is 0 Å². The summed E-state index contributed by atoms with van der Waals surface area (Å²) in [5, 5.41) is 3.62. The number of oxazole rings is 1. The van der Waals surface area contributed by atoms with Crippen LogP contribution in [0.2, 0.25) is 0 Å². The Morgan fingerprint density at radius 3 is 2.67 bits per heavy atom. The minimum absolute atomic E-state index is 0.386. The molecule has 4 rings (SSSR count). The van der Waals surface area contributed by atoms with Crippen molar-refractivity contribution in [1.29, 1.82) is 0 Å². The fraction of sp³-hybridized carbons (Fsp3) is 0.588. The number of anilines is 1. The smallest absolute Gasteiger partial charge is 0.408 e. The van der Waals surface area contributed by atoms with Crippen molar-refractivity contribution < 1.29 is 4.42 Å². The van der Waals surface area contributed by atoms with Crippen LogP contribution in [0.5, 0.6) is 0 Å². The average Bonchev–Trinajstić information content (AvgIpc) is 3.07. The number of hydrogen-bond acceptors (Lipinski definition) is 3. The molecule has 2 saturated carbocycles. The molecular weight excluding hydrogens is 264 g/mol. The zero-order valence-corrected chi connectivity index (χ0v) is 12.3. The molecule has 4 nitrogen and oxygen atoms in total. The molecule has 4 heteroatoms. The van der Waals surface area contributed by atoms with Crippen molar-refractivity contribution >= 4 is 16.8 Å². The maximum atomic E-state index is 11.2. The molecule has 1 spiro atoms. The molecule has 0 bridgehead atoms. The highest BCUT2D eigenvalue weighted by Crippen LogP contribution is 2.49. The molecule has 1 aromatic carbocycles. The Kier molecular flexibility index (Phi) is 3.05. The highest BCUT2D eigenvalue weighted by Gasteiger charge is 2.37. The third kappa shape index (κ3) is 2.47. The quantitative estimate of drug-likeness (QED) is 0.876. The predicted octanol–water partition coefficient (Wildman–Crippen LogP) is 4.04. The molecule has 2 aliphatic rings. The predicted molar refractivity (Wildman–Crippen MR) is 83.6 cm³/mol. The summed E-state index contributed by atoms with van der Waals surface area (Å²) in [5.41, 5.74) is 3.15. The van der Waals surface area contributed by atoms with Gasteiger partial charge in [-0.05, 0) is 62.1 Å². The van der Waals surface area contributed by atoms with Crippen LogP contribution in [0.3, 0.4) is 0 Å². The largest absolute Gasteiger partial charge is 0.417 e. The van der Waals surface area contributed by atoms with E-state index in [2.05, 4.69) is 10.3 Å². The SMILES string of the molecule is O=c1[nH]c2cc(NC3CCC4(CCCC4)CC3)ccc2o1. The van der Waals surface area contributed by atoms with Crippen LogP contribution in [-0.4, -0.2) is 11.0 Å². The summed E-state index contributed by atoms with van der Waals surface area (Å²) in [5.74, 6) is -0.386. The standard InChI is InChI=1S/C17H22N2O2/c20-16-19-14-11-13(3-4-15(14)21-16)18-12-5-9-17(10-6-12)7-1-2-8-17/h3-4,11-12,18H,1-2,5-10H2,(H,19,20). The number of rotatable bonds is 2. The zero-order valence-electron chi connectivity index (χ0n) is 12.3. The summed E-state index contributed by atoms with van der Waals surface area (Å²) in [6.07, 6.45) is 11.0. The first kappa shape index (κ1) is 13.0. The van der Waals surface area contributed by atoms with Gasteiger partial charge in [-0.25, -0.2) is 4.79 Å². The fourth-order valence-corrected chi connectivity index (χ4v) is 4.28. The molecule has 0 aliphatic heterocycles. The summed E-state index contributed by atoms with van der Waals surface area (Å²) in [4.78, 5) is 13.9. The van der Waals surface area contributed by atoms with E-state index in [0.29, 0.717) is 17.0 Å². The zero-order chi connectivity index (χ0) is 14.3. The van der Waals surface area contributed by atoms with Crippen LogP contribution in [0.15, 0.2) is 27.4 Å². The average molecular weight is 286 g/mol. The number of aromatic amines is 1. The van der Waals surface area contributed by atoms with Crippen LogP contribution in [-0.2, 0) is 0 Å². The summed E-state index contributed by atoms with van der Waals surface area (Å²) in [6.45, 7) is 0. The highest BCUT2D eigenvalue weighted by molar-refractivity contribution is 5.76. The molecule has 112 valence electrons. The molecular formula is C17H22N2O2. The van der Waals surface area contributed by atoms with Crippen LogP contribution in [0.1, 0.15) is 51.4 Å². The maximum Gasteiger partial charge on any atom is 0.417 e. The minimum atomic E-state index is -0.386. The Morgan fingerprint density at radius 1 is 1.14 bits per heavy atom. The highest BCUT2D eigenvalue weighted by atomic mass is 16.4. The fourth-order valence-electron chi connectivity index (χ4n) is 4.28. The van der Waals surface area contributed by atoms with Gasteiger partial charge in [0.15, 0.2) is 5.58 Å². The maximum absolute atomic E-state index is 11.2. The lowest BCUT2D eigenvalue weighted by atomic mass is 9.71.